The number of nitrogens with zero attached hydrogens (tertiary/aromatic N) is 2. The number of hydrogen-bond acceptors (Lipinski definition) is 4. The zero-order chi connectivity index (χ0) is 19.4. The molecule has 6 heteroatoms. The second-order valence-electron chi connectivity index (χ2n) is 8.65. The summed E-state index contributed by atoms with van der Waals surface area (Å²) in [5, 5.41) is 3.53. The number of piperidine rings is 1. The van der Waals surface area contributed by atoms with Gasteiger partial charge in [0.2, 0.25) is 0 Å². The molecule has 1 N–H and O–H groups in total. The predicted molar refractivity (Wildman–Crippen MR) is 107 cm³/mol. The molecule has 150 valence electrons. The number of benzene rings is 1. The number of anilines is 2. The van der Waals surface area contributed by atoms with Crippen LogP contribution in [0.3, 0.4) is 0 Å². The van der Waals surface area contributed by atoms with Gasteiger partial charge in [-0.1, -0.05) is 0 Å². The van der Waals surface area contributed by atoms with E-state index in [0.717, 1.165) is 56.9 Å². The molecule has 2 aliphatic rings. The molecule has 0 spiro atoms. The minimum atomic E-state index is -0.454. The Labute approximate surface area is 161 Å². The van der Waals surface area contributed by atoms with Gasteiger partial charge in [0, 0.05) is 32.7 Å². The van der Waals surface area contributed by atoms with Crippen LogP contribution < -0.4 is 10.2 Å². The molecule has 2 aliphatic heterocycles. The first-order chi connectivity index (χ1) is 12.8. The first-order valence-corrected chi connectivity index (χ1v) is 10.1. The molecular weight excluding hydrogens is 345 g/mol. The molecule has 0 radical (unpaired) electrons. The molecule has 1 amide bonds. The van der Waals surface area contributed by atoms with Crippen molar-refractivity contribution in [3.8, 4) is 0 Å². The van der Waals surface area contributed by atoms with Crippen LogP contribution in [-0.4, -0.2) is 49.3 Å². The molecule has 27 heavy (non-hydrogen) atoms. The van der Waals surface area contributed by atoms with Crippen LogP contribution >= 0.6 is 0 Å². The third-order valence-corrected chi connectivity index (χ3v) is 5.25. The highest BCUT2D eigenvalue weighted by Gasteiger charge is 2.27. The Bertz CT molecular complexity index is 645. The first kappa shape index (κ1) is 19.8. The summed E-state index contributed by atoms with van der Waals surface area (Å²) in [7, 11) is 0. The van der Waals surface area contributed by atoms with E-state index in [1.165, 1.54) is 18.9 Å². The van der Waals surface area contributed by atoms with Crippen molar-refractivity contribution in [1.29, 1.82) is 0 Å². The van der Waals surface area contributed by atoms with Gasteiger partial charge < -0.3 is 19.9 Å². The third-order valence-electron chi connectivity index (χ3n) is 5.25. The van der Waals surface area contributed by atoms with E-state index >= 15 is 0 Å². The van der Waals surface area contributed by atoms with Crippen molar-refractivity contribution < 1.29 is 13.9 Å². The molecule has 2 heterocycles. The van der Waals surface area contributed by atoms with Crippen molar-refractivity contribution in [2.45, 2.75) is 52.1 Å². The van der Waals surface area contributed by atoms with Crippen molar-refractivity contribution in [3.05, 3.63) is 24.0 Å². The molecule has 1 aromatic rings. The Hall–Kier alpha value is -1.98. The van der Waals surface area contributed by atoms with Gasteiger partial charge in [0.15, 0.2) is 0 Å². The lowest BCUT2D eigenvalue weighted by atomic mass is 9.97. The number of ether oxygens (including phenoxy) is 1. The molecule has 5 nitrogen and oxygen atoms in total. The Balaban J connectivity index is 1.51. The summed E-state index contributed by atoms with van der Waals surface area (Å²) >= 11 is 0. The zero-order valence-corrected chi connectivity index (χ0v) is 16.8. The van der Waals surface area contributed by atoms with E-state index in [9.17, 15) is 9.18 Å². The van der Waals surface area contributed by atoms with Crippen LogP contribution in [0.2, 0.25) is 0 Å². The Kier molecular flexibility index (Phi) is 6.12. The Morgan fingerprint density at radius 1 is 1.19 bits per heavy atom. The number of amides is 1. The van der Waals surface area contributed by atoms with Crippen molar-refractivity contribution >= 4 is 17.5 Å². The van der Waals surface area contributed by atoms with Crippen molar-refractivity contribution in [2.75, 3.05) is 42.9 Å². The number of carbonyl (C=O) groups excluding carboxylic acids is 1. The Morgan fingerprint density at radius 2 is 1.85 bits per heavy atom. The molecule has 0 saturated carbocycles. The lowest BCUT2D eigenvalue weighted by Crippen LogP contribution is -2.42. The highest BCUT2D eigenvalue weighted by molar-refractivity contribution is 5.70. The van der Waals surface area contributed by atoms with Crippen LogP contribution in [0.25, 0.3) is 0 Å². The maximum absolute atomic E-state index is 13.7. The van der Waals surface area contributed by atoms with Gasteiger partial charge in [0.25, 0.3) is 0 Å². The summed E-state index contributed by atoms with van der Waals surface area (Å²) in [6.07, 6.45) is 4.01. The topological polar surface area (TPSA) is 44.8 Å². The smallest absolute Gasteiger partial charge is 0.410 e. The quantitative estimate of drug-likeness (QED) is 0.840. The molecule has 0 aliphatic carbocycles. The van der Waals surface area contributed by atoms with Gasteiger partial charge in [-0.15, -0.1) is 0 Å². The first-order valence-electron chi connectivity index (χ1n) is 10.1. The Morgan fingerprint density at radius 3 is 2.48 bits per heavy atom. The lowest BCUT2D eigenvalue weighted by molar-refractivity contribution is 0.0188. The number of likely N-dealkylation sites (tertiary alicyclic amines) is 1. The minimum Gasteiger partial charge on any atom is -0.444 e. The van der Waals surface area contributed by atoms with Crippen LogP contribution in [0, 0.1) is 11.7 Å². The van der Waals surface area contributed by atoms with Gasteiger partial charge in [-0.25, -0.2) is 9.18 Å². The van der Waals surface area contributed by atoms with Crippen LogP contribution in [0.15, 0.2) is 18.2 Å². The molecule has 0 atom stereocenters. The average molecular weight is 378 g/mol. The summed E-state index contributed by atoms with van der Waals surface area (Å²) in [6.45, 7) is 9.95. The lowest BCUT2D eigenvalue weighted by Gasteiger charge is -2.34. The van der Waals surface area contributed by atoms with Crippen molar-refractivity contribution in [2.24, 2.45) is 5.92 Å². The summed E-state index contributed by atoms with van der Waals surface area (Å²) < 4.78 is 19.2. The summed E-state index contributed by atoms with van der Waals surface area (Å²) in [4.78, 5) is 16.2. The number of carbonyl (C=O) groups is 1. The van der Waals surface area contributed by atoms with Gasteiger partial charge in [-0.05, 0) is 70.6 Å². The van der Waals surface area contributed by atoms with E-state index in [2.05, 4.69) is 10.2 Å². The van der Waals surface area contributed by atoms with Crippen LogP contribution in [0.1, 0.15) is 46.5 Å². The maximum atomic E-state index is 13.7. The monoisotopic (exact) mass is 377 g/mol. The maximum Gasteiger partial charge on any atom is 0.410 e. The van der Waals surface area contributed by atoms with Crippen LogP contribution in [-0.2, 0) is 4.74 Å². The van der Waals surface area contributed by atoms with E-state index in [0.29, 0.717) is 5.92 Å². The molecule has 2 saturated heterocycles. The highest BCUT2D eigenvalue weighted by Crippen LogP contribution is 2.30. The SMILES string of the molecule is CC(C)(C)OC(=O)N1CCC(CNc2ccc(F)cc2N2CCCC2)CC1. The van der Waals surface area contributed by atoms with Crippen molar-refractivity contribution in [1.82, 2.24) is 4.90 Å². The van der Waals surface area contributed by atoms with E-state index in [1.54, 1.807) is 11.0 Å². The minimum absolute atomic E-state index is 0.187. The largest absolute Gasteiger partial charge is 0.444 e. The number of nitrogens with one attached hydrogen (secondary N) is 1. The highest BCUT2D eigenvalue weighted by atomic mass is 19.1. The number of halogens is 1. The van der Waals surface area contributed by atoms with Crippen LogP contribution in [0.4, 0.5) is 20.6 Å². The summed E-state index contributed by atoms with van der Waals surface area (Å²) in [5.74, 6) is 0.313. The molecule has 2 fully saturated rings. The second kappa shape index (κ2) is 8.36. The molecular formula is C21H32FN3O2. The van der Waals surface area contributed by atoms with Gasteiger partial charge in [-0.2, -0.15) is 0 Å². The van der Waals surface area contributed by atoms with Crippen LogP contribution in [0.5, 0.6) is 0 Å². The summed E-state index contributed by atoms with van der Waals surface area (Å²) in [5.41, 5.74) is 1.52. The van der Waals surface area contributed by atoms with E-state index < -0.39 is 5.60 Å². The molecule has 1 aromatic carbocycles. The normalized spacial score (nSPS) is 18.7. The van der Waals surface area contributed by atoms with Gasteiger partial charge in [0.05, 0.1) is 11.4 Å². The molecule has 0 aromatic heterocycles. The predicted octanol–water partition coefficient (Wildman–Crippen LogP) is 4.48. The van der Waals surface area contributed by atoms with Gasteiger partial charge >= 0.3 is 6.09 Å². The molecule has 3 rings (SSSR count). The van der Waals surface area contributed by atoms with Gasteiger partial charge in [-0.3, -0.25) is 0 Å². The zero-order valence-electron chi connectivity index (χ0n) is 16.8. The standard InChI is InChI=1S/C21H32FN3O2/c1-21(2,3)27-20(26)25-12-8-16(9-13-25)15-23-18-7-6-17(22)14-19(18)24-10-4-5-11-24/h6-7,14,16,23H,4-5,8-13,15H2,1-3H3. The molecule has 0 bridgehead atoms. The fourth-order valence-electron chi connectivity index (χ4n) is 3.77. The van der Waals surface area contributed by atoms with E-state index in [1.807, 2.05) is 26.8 Å². The van der Waals surface area contributed by atoms with Gasteiger partial charge in [0.1, 0.15) is 11.4 Å². The fraction of sp³-hybridized carbons (Fsp3) is 0.667. The average Bonchev–Trinajstić information content (AvgIpc) is 3.14. The van der Waals surface area contributed by atoms with Crippen molar-refractivity contribution in [3.63, 3.8) is 0 Å². The number of hydrogen-bond donors (Lipinski definition) is 1. The third kappa shape index (κ3) is 5.50. The fourth-order valence-corrected chi connectivity index (χ4v) is 3.77. The second-order valence-corrected chi connectivity index (χ2v) is 8.65. The number of rotatable bonds is 4. The van der Waals surface area contributed by atoms with E-state index in [-0.39, 0.29) is 11.9 Å². The molecule has 0 unspecified atom stereocenters. The summed E-state index contributed by atoms with van der Waals surface area (Å²) in [6, 6.07) is 5.00. The van der Waals surface area contributed by atoms with E-state index in [4.69, 9.17) is 4.74 Å².